The Labute approximate surface area is 120 Å². The first kappa shape index (κ1) is 17.1. The predicted octanol–water partition coefficient (Wildman–Crippen LogP) is -0.147. The topological polar surface area (TPSA) is 97.5 Å². The molecule has 1 aromatic carbocycles. The van der Waals surface area contributed by atoms with E-state index in [9.17, 15) is 16.8 Å². The highest BCUT2D eigenvalue weighted by Gasteiger charge is 2.21. The Kier molecular flexibility index (Phi) is 5.69. The summed E-state index contributed by atoms with van der Waals surface area (Å²) in [5.41, 5.74) is 6.39. The number of hydrogen-bond donors (Lipinski definition) is 1. The van der Waals surface area contributed by atoms with Gasteiger partial charge in [0.05, 0.1) is 10.6 Å². The molecule has 0 amide bonds. The van der Waals surface area contributed by atoms with Gasteiger partial charge in [0.15, 0.2) is 0 Å². The Hall–Kier alpha value is -0.960. The Balaban J connectivity index is 2.87. The third-order valence-corrected chi connectivity index (χ3v) is 5.64. The van der Waals surface area contributed by atoms with Crippen molar-refractivity contribution < 1.29 is 16.8 Å². The van der Waals surface area contributed by atoms with Crippen LogP contribution in [0.15, 0.2) is 29.2 Å². The molecule has 114 valence electrons. The van der Waals surface area contributed by atoms with E-state index in [0.29, 0.717) is 13.0 Å². The van der Waals surface area contributed by atoms with Gasteiger partial charge in [0, 0.05) is 19.8 Å². The lowest BCUT2D eigenvalue weighted by Crippen LogP contribution is -2.31. The summed E-state index contributed by atoms with van der Waals surface area (Å²) in [6.07, 6.45) is 1.76. The highest BCUT2D eigenvalue weighted by Crippen LogP contribution is 2.15. The number of sulfone groups is 1. The van der Waals surface area contributed by atoms with Gasteiger partial charge >= 0.3 is 0 Å². The van der Waals surface area contributed by atoms with Gasteiger partial charge in [-0.3, -0.25) is 0 Å². The van der Waals surface area contributed by atoms with E-state index in [4.69, 9.17) is 5.73 Å². The van der Waals surface area contributed by atoms with Crippen molar-refractivity contribution in [1.82, 2.24) is 4.31 Å². The van der Waals surface area contributed by atoms with E-state index >= 15 is 0 Å². The van der Waals surface area contributed by atoms with Crippen LogP contribution < -0.4 is 5.73 Å². The minimum absolute atomic E-state index is 0.0638. The molecule has 0 spiro atoms. The Morgan fingerprint density at radius 3 is 2.10 bits per heavy atom. The van der Waals surface area contributed by atoms with Gasteiger partial charge in [0.25, 0.3) is 0 Å². The van der Waals surface area contributed by atoms with Crippen LogP contribution in [-0.2, 0) is 26.3 Å². The Morgan fingerprint density at radius 2 is 1.65 bits per heavy atom. The Morgan fingerprint density at radius 1 is 1.10 bits per heavy atom. The number of rotatable bonds is 7. The SMILES string of the molecule is CN(CCS(C)(=O)=O)S(=O)(=O)c1ccc(CCN)cc1. The zero-order chi connectivity index (χ0) is 15.4. The molecular formula is C12H20N2O4S2. The normalized spacial score (nSPS) is 12.8. The van der Waals surface area contributed by atoms with Crippen molar-refractivity contribution in [2.45, 2.75) is 11.3 Å². The first-order chi connectivity index (χ1) is 9.16. The molecule has 0 saturated heterocycles. The second-order valence-corrected chi connectivity index (χ2v) is 8.94. The van der Waals surface area contributed by atoms with Gasteiger partial charge in [-0.15, -0.1) is 0 Å². The highest BCUT2D eigenvalue weighted by atomic mass is 32.2. The van der Waals surface area contributed by atoms with Gasteiger partial charge in [-0.2, -0.15) is 4.31 Å². The fourth-order valence-electron chi connectivity index (χ4n) is 1.59. The van der Waals surface area contributed by atoms with Crippen LogP contribution in [0.25, 0.3) is 0 Å². The molecule has 0 unspecified atom stereocenters. The molecule has 1 rings (SSSR count). The van der Waals surface area contributed by atoms with Crippen LogP contribution in [0.3, 0.4) is 0 Å². The molecule has 0 saturated carbocycles. The van der Waals surface area contributed by atoms with Gasteiger partial charge in [0.1, 0.15) is 9.84 Å². The minimum atomic E-state index is -3.66. The zero-order valence-electron chi connectivity index (χ0n) is 11.6. The highest BCUT2D eigenvalue weighted by molar-refractivity contribution is 7.91. The maximum atomic E-state index is 12.2. The molecule has 0 heterocycles. The Bertz CT molecular complexity index is 637. The van der Waals surface area contributed by atoms with Crippen molar-refractivity contribution in [3.8, 4) is 0 Å². The maximum Gasteiger partial charge on any atom is 0.242 e. The quantitative estimate of drug-likeness (QED) is 0.753. The summed E-state index contributed by atoms with van der Waals surface area (Å²) in [7, 11) is -5.48. The van der Waals surface area contributed by atoms with Crippen LogP contribution >= 0.6 is 0 Å². The van der Waals surface area contributed by atoms with E-state index in [1.165, 1.54) is 19.2 Å². The summed E-state index contributed by atoms with van der Waals surface area (Å²) >= 11 is 0. The predicted molar refractivity (Wildman–Crippen MR) is 78.7 cm³/mol. The van der Waals surface area contributed by atoms with Gasteiger partial charge in [-0.1, -0.05) is 12.1 Å². The van der Waals surface area contributed by atoms with E-state index in [2.05, 4.69) is 0 Å². The fraction of sp³-hybridized carbons (Fsp3) is 0.500. The van der Waals surface area contributed by atoms with Crippen molar-refractivity contribution >= 4 is 19.9 Å². The lowest BCUT2D eigenvalue weighted by molar-refractivity contribution is 0.485. The molecule has 1 aromatic rings. The van der Waals surface area contributed by atoms with Crippen molar-refractivity contribution in [2.75, 3.05) is 32.1 Å². The van der Waals surface area contributed by atoms with Crippen molar-refractivity contribution in [1.29, 1.82) is 0 Å². The second-order valence-electron chi connectivity index (χ2n) is 4.64. The molecule has 2 N–H and O–H groups in total. The van der Waals surface area contributed by atoms with Gasteiger partial charge in [0.2, 0.25) is 10.0 Å². The van der Waals surface area contributed by atoms with Crippen molar-refractivity contribution in [3.05, 3.63) is 29.8 Å². The van der Waals surface area contributed by atoms with E-state index in [-0.39, 0.29) is 17.2 Å². The molecule has 0 radical (unpaired) electrons. The third-order valence-electron chi connectivity index (χ3n) is 2.84. The molecular weight excluding hydrogens is 300 g/mol. The smallest absolute Gasteiger partial charge is 0.242 e. The summed E-state index contributed by atoms with van der Waals surface area (Å²) < 4.78 is 47.7. The van der Waals surface area contributed by atoms with Crippen LogP contribution in [0.2, 0.25) is 0 Å². The van der Waals surface area contributed by atoms with E-state index in [1.807, 2.05) is 0 Å². The summed E-state index contributed by atoms with van der Waals surface area (Å²) in [6.45, 7) is 0.437. The lowest BCUT2D eigenvalue weighted by Gasteiger charge is -2.16. The minimum Gasteiger partial charge on any atom is -0.330 e. The number of benzene rings is 1. The molecule has 20 heavy (non-hydrogen) atoms. The van der Waals surface area contributed by atoms with Crippen molar-refractivity contribution in [2.24, 2.45) is 5.73 Å². The summed E-state index contributed by atoms with van der Waals surface area (Å²) in [4.78, 5) is 0.147. The average molecular weight is 320 g/mol. The molecule has 0 aromatic heterocycles. The summed E-state index contributed by atoms with van der Waals surface area (Å²) in [6, 6.07) is 6.45. The molecule has 8 heteroatoms. The number of nitrogens with two attached hydrogens (primary N) is 1. The molecule has 6 nitrogen and oxygen atoms in total. The lowest BCUT2D eigenvalue weighted by atomic mass is 10.2. The van der Waals surface area contributed by atoms with E-state index < -0.39 is 19.9 Å². The van der Waals surface area contributed by atoms with Crippen LogP contribution in [0.4, 0.5) is 0 Å². The van der Waals surface area contributed by atoms with Gasteiger partial charge < -0.3 is 5.73 Å². The number of sulfonamides is 1. The van der Waals surface area contributed by atoms with Gasteiger partial charge in [-0.25, -0.2) is 16.8 Å². The van der Waals surface area contributed by atoms with E-state index in [1.54, 1.807) is 12.1 Å². The van der Waals surface area contributed by atoms with Crippen LogP contribution in [0.5, 0.6) is 0 Å². The number of nitrogens with zero attached hydrogens (tertiary/aromatic N) is 1. The van der Waals surface area contributed by atoms with Gasteiger partial charge in [-0.05, 0) is 30.7 Å². The molecule has 0 bridgehead atoms. The summed E-state index contributed by atoms with van der Waals surface area (Å²) in [5, 5.41) is 0. The third kappa shape index (κ3) is 4.86. The first-order valence-corrected chi connectivity index (χ1v) is 9.60. The van der Waals surface area contributed by atoms with Crippen LogP contribution in [-0.4, -0.2) is 53.3 Å². The molecule has 0 aliphatic heterocycles. The van der Waals surface area contributed by atoms with Crippen molar-refractivity contribution in [3.63, 3.8) is 0 Å². The first-order valence-electron chi connectivity index (χ1n) is 6.10. The summed E-state index contributed by atoms with van der Waals surface area (Å²) in [5.74, 6) is -0.200. The average Bonchev–Trinajstić information content (AvgIpc) is 2.36. The fourth-order valence-corrected chi connectivity index (χ4v) is 3.48. The second kappa shape index (κ2) is 6.66. The molecule has 0 aliphatic carbocycles. The van der Waals surface area contributed by atoms with E-state index in [0.717, 1.165) is 16.1 Å². The standard InChI is InChI=1S/C12H20N2O4S2/c1-14(9-10-19(2,15)16)20(17,18)12-5-3-11(4-6-12)7-8-13/h3-6H,7-10,13H2,1-2H3. The largest absolute Gasteiger partial charge is 0.330 e. The van der Waals surface area contributed by atoms with Crippen LogP contribution in [0, 0.1) is 0 Å². The number of hydrogen-bond acceptors (Lipinski definition) is 5. The monoisotopic (exact) mass is 320 g/mol. The molecule has 0 atom stereocenters. The molecule has 0 fully saturated rings. The molecule has 0 aliphatic rings. The van der Waals surface area contributed by atoms with Crippen LogP contribution in [0.1, 0.15) is 5.56 Å². The zero-order valence-corrected chi connectivity index (χ0v) is 13.2. The maximum absolute atomic E-state index is 12.2.